The lowest BCUT2D eigenvalue weighted by molar-refractivity contribution is 0.636. The van der Waals surface area contributed by atoms with Crippen LogP contribution in [0.3, 0.4) is 0 Å². The Bertz CT molecular complexity index is 393. The van der Waals surface area contributed by atoms with Gasteiger partial charge in [0.2, 0.25) is 0 Å². The first kappa shape index (κ1) is 6.27. The van der Waals surface area contributed by atoms with Crippen molar-refractivity contribution in [1.29, 1.82) is 0 Å². The monoisotopic (exact) mass is 151 g/mol. The number of rotatable bonds is 0. The van der Waals surface area contributed by atoms with E-state index >= 15 is 0 Å². The Labute approximate surface area is 62.4 Å². The summed E-state index contributed by atoms with van der Waals surface area (Å²) in [5.74, 6) is -0.324. The van der Waals surface area contributed by atoms with Crippen LogP contribution in [0.2, 0.25) is 0 Å². The van der Waals surface area contributed by atoms with E-state index in [1.807, 2.05) is 0 Å². The summed E-state index contributed by atoms with van der Waals surface area (Å²) in [6, 6.07) is 4.79. The molecule has 0 N–H and O–H groups in total. The number of aromatic nitrogens is 3. The van der Waals surface area contributed by atoms with Crippen molar-refractivity contribution in [2.75, 3.05) is 0 Å². The molecule has 0 saturated heterocycles. The number of nitrogens with zero attached hydrogens (tertiary/aromatic N) is 3. The first-order chi connectivity index (χ1) is 5.29. The highest BCUT2D eigenvalue weighted by Gasteiger charge is 2.04. The van der Waals surface area contributed by atoms with Gasteiger partial charge in [-0.3, -0.25) is 0 Å². The van der Waals surface area contributed by atoms with Crippen molar-refractivity contribution < 1.29 is 4.39 Å². The second-order valence-electron chi connectivity index (χ2n) is 2.32. The SMILES string of the molecule is Cn1nnc2c(F)cccc21. The van der Waals surface area contributed by atoms with E-state index in [1.165, 1.54) is 6.07 Å². The van der Waals surface area contributed by atoms with Gasteiger partial charge in [0.05, 0.1) is 5.52 Å². The van der Waals surface area contributed by atoms with E-state index in [-0.39, 0.29) is 5.82 Å². The van der Waals surface area contributed by atoms with Crippen LogP contribution in [-0.4, -0.2) is 15.0 Å². The maximum absolute atomic E-state index is 12.9. The molecular formula is C7H6FN3. The summed E-state index contributed by atoms with van der Waals surface area (Å²) in [5, 5.41) is 7.34. The van der Waals surface area contributed by atoms with E-state index in [0.717, 1.165) is 0 Å². The lowest BCUT2D eigenvalue weighted by Gasteiger charge is -1.90. The summed E-state index contributed by atoms with van der Waals surface area (Å²) in [6.07, 6.45) is 0. The quantitative estimate of drug-likeness (QED) is 0.564. The predicted molar refractivity (Wildman–Crippen MR) is 38.5 cm³/mol. The number of benzene rings is 1. The van der Waals surface area contributed by atoms with Gasteiger partial charge in [0.25, 0.3) is 0 Å². The first-order valence-corrected chi connectivity index (χ1v) is 3.23. The molecule has 1 aromatic carbocycles. The van der Waals surface area contributed by atoms with Gasteiger partial charge in [-0.05, 0) is 12.1 Å². The highest BCUT2D eigenvalue weighted by molar-refractivity contribution is 5.74. The van der Waals surface area contributed by atoms with Gasteiger partial charge < -0.3 is 0 Å². The molecule has 0 atom stereocenters. The zero-order chi connectivity index (χ0) is 7.84. The van der Waals surface area contributed by atoms with E-state index < -0.39 is 0 Å². The van der Waals surface area contributed by atoms with Crippen LogP contribution in [0.4, 0.5) is 4.39 Å². The first-order valence-electron chi connectivity index (χ1n) is 3.23. The van der Waals surface area contributed by atoms with E-state index in [0.29, 0.717) is 11.0 Å². The molecule has 0 amide bonds. The number of aryl methyl sites for hydroxylation is 1. The van der Waals surface area contributed by atoms with Gasteiger partial charge in [-0.2, -0.15) is 0 Å². The number of hydrogen-bond donors (Lipinski definition) is 0. The van der Waals surface area contributed by atoms with Crippen LogP contribution in [0.25, 0.3) is 11.0 Å². The molecule has 0 saturated carbocycles. The van der Waals surface area contributed by atoms with Crippen molar-refractivity contribution in [3.63, 3.8) is 0 Å². The van der Waals surface area contributed by atoms with Gasteiger partial charge in [0, 0.05) is 7.05 Å². The fourth-order valence-electron chi connectivity index (χ4n) is 1.02. The van der Waals surface area contributed by atoms with Crippen molar-refractivity contribution in [3.8, 4) is 0 Å². The Morgan fingerprint density at radius 1 is 1.45 bits per heavy atom. The highest BCUT2D eigenvalue weighted by Crippen LogP contribution is 2.12. The average molecular weight is 151 g/mol. The Hall–Kier alpha value is -1.45. The molecule has 0 aliphatic rings. The largest absolute Gasteiger partial charge is 0.248 e. The molecule has 56 valence electrons. The third-order valence-electron chi connectivity index (χ3n) is 1.59. The summed E-state index contributed by atoms with van der Waals surface area (Å²) in [5.41, 5.74) is 1.04. The van der Waals surface area contributed by atoms with E-state index in [2.05, 4.69) is 10.3 Å². The summed E-state index contributed by atoms with van der Waals surface area (Å²) in [4.78, 5) is 0. The van der Waals surface area contributed by atoms with Crippen LogP contribution in [0.15, 0.2) is 18.2 Å². The van der Waals surface area contributed by atoms with Crippen molar-refractivity contribution in [2.24, 2.45) is 7.05 Å². The lowest BCUT2D eigenvalue weighted by Crippen LogP contribution is -1.88. The van der Waals surface area contributed by atoms with Gasteiger partial charge in [-0.1, -0.05) is 11.3 Å². The zero-order valence-corrected chi connectivity index (χ0v) is 5.95. The molecule has 11 heavy (non-hydrogen) atoms. The lowest BCUT2D eigenvalue weighted by atomic mass is 10.3. The Morgan fingerprint density at radius 3 is 3.00 bits per heavy atom. The van der Waals surface area contributed by atoms with Crippen LogP contribution in [0, 0.1) is 5.82 Å². The minimum Gasteiger partial charge on any atom is -0.248 e. The molecule has 0 unspecified atom stereocenters. The summed E-state index contributed by atoms with van der Waals surface area (Å²) >= 11 is 0. The van der Waals surface area contributed by atoms with Crippen molar-refractivity contribution in [1.82, 2.24) is 15.0 Å². The van der Waals surface area contributed by atoms with Crippen LogP contribution < -0.4 is 0 Å². The zero-order valence-electron chi connectivity index (χ0n) is 5.95. The normalized spacial score (nSPS) is 10.7. The molecule has 3 nitrogen and oxygen atoms in total. The molecule has 0 aliphatic heterocycles. The van der Waals surface area contributed by atoms with Crippen LogP contribution in [0.1, 0.15) is 0 Å². The summed E-state index contributed by atoms with van der Waals surface area (Å²) < 4.78 is 14.4. The standard InChI is InChI=1S/C7H6FN3/c1-11-6-4-2-3-5(8)7(6)9-10-11/h2-4H,1H3. The van der Waals surface area contributed by atoms with E-state index in [1.54, 1.807) is 23.9 Å². The maximum atomic E-state index is 12.9. The number of fused-ring (bicyclic) bond motifs is 1. The number of hydrogen-bond acceptors (Lipinski definition) is 2. The van der Waals surface area contributed by atoms with Gasteiger partial charge in [-0.15, -0.1) is 5.10 Å². The minimum atomic E-state index is -0.324. The van der Waals surface area contributed by atoms with Gasteiger partial charge in [0.1, 0.15) is 5.52 Å². The minimum absolute atomic E-state index is 0.324. The topological polar surface area (TPSA) is 30.7 Å². The fraction of sp³-hybridized carbons (Fsp3) is 0.143. The highest BCUT2D eigenvalue weighted by atomic mass is 19.1. The molecule has 2 rings (SSSR count). The molecule has 1 heterocycles. The molecule has 1 aromatic heterocycles. The number of halogens is 1. The van der Waals surface area contributed by atoms with Gasteiger partial charge in [0.15, 0.2) is 5.82 Å². The Kier molecular flexibility index (Phi) is 1.15. The molecule has 0 aliphatic carbocycles. The van der Waals surface area contributed by atoms with Crippen LogP contribution >= 0.6 is 0 Å². The second-order valence-corrected chi connectivity index (χ2v) is 2.32. The van der Waals surface area contributed by atoms with Crippen LogP contribution in [-0.2, 0) is 7.05 Å². The Morgan fingerprint density at radius 2 is 2.27 bits per heavy atom. The summed E-state index contributed by atoms with van der Waals surface area (Å²) in [6.45, 7) is 0. The molecule has 4 heteroatoms. The van der Waals surface area contributed by atoms with E-state index in [9.17, 15) is 4.39 Å². The molecule has 0 fully saturated rings. The smallest absolute Gasteiger partial charge is 0.152 e. The van der Waals surface area contributed by atoms with Crippen LogP contribution in [0.5, 0.6) is 0 Å². The average Bonchev–Trinajstić information content (AvgIpc) is 2.35. The van der Waals surface area contributed by atoms with Crippen molar-refractivity contribution in [2.45, 2.75) is 0 Å². The van der Waals surface area contributed by atoms with Gasteiger partial charge in [-0.25, -0.2) is 9.07 Å². The maximum Gasteiger partial charge on any atom is 0.152 e. The molecule has 2 aromatic rings. The van der Waals surface area contributed by atoms with Crippen molar-refractivity contribution in [3.05, 3.63) is 24.0 Å². The predicted octanol–water partition coefficient (Wildman–Crippen LogP) is 1.11. The summed E-state index contributed by atoms with van der Waals surface area (Å²) in [7, 11) is 1.73. The molecule has 0 bridgehead atoms. The fourth-order valence-corrected chi connectivity index (χ4v) is 1.02. The third-order valence-corrected chi connectivity index (χ3v) is 1.59. The second kappa shape index (κ2) is 2.02. The van der Waals surface area contributed by atoms with Crippen molar-refractivity contribution >= 4 is 11.0 Å². The van der Waals surface area contributed by atoms with Gasteiger partial charge >= 0.3 is 0 Å². The molecular weight excluding hydrogens is 145 g/mol. The molecule has 0 radical (unpaired) electrons. The van der Waals surface area contributed by atoms with E-state index in [4.69, 9.17) is 0 Å². The Balaban J connectivity index is 2.94. The third kappa shape index (κ3) is 0.790. The molecule has 0 spiro atoms.